The number of anilines is 1. The number of carbonyl (C=O) groups excluding carboxylic acids is 1. The largest absolute Gasteiger partial charge is 0.397 e. The molecule has 1 aliphatic carbocycles. The first-order chi connectivity index (χ1) is 9.69. The van der Waals surface area contributed by atoms with Crippen molar-refractivity contribution in [3.8, 4) is 0 Å². The Hall–Kier alpha value is -1.62. The highest BCUT2D eigenvalue weighted by Crippen LogP contribution is 2.35. The lowest BCUT2D eigenvalue weighted by Crippen LogP contribution is -2.34. The second-order valence-corrected chi connectivity index (χ2v) is 6.46. The molecule has 5 heteroatoms. The molecule has 3 N–H and O–H groups in total. The Kier molecular flexibility index (Phi) is 3.61. The number of amides is 1. The molecule has 2 aromatic rings. The summed E-state index contributed by atoms with van der Waals surface area (Å²) in [5.74, 6) is 0.750. The van der Waals surface area contributed by atoms with Crippen molar-refractivity contribution in [2.24, 2.45) is 5.92 Å². The molecule has 0 bridgehead atoms. The zero-order valence-corrected chi connectivity index (χ0v) is 12.4. The standard InChI is InChI=1S/C15H19N3OS/c1-2-10(8-9-5-6-9)18-14(19)13-12(16)11-4-3-7-17-15(11)20-13/h3-4,7,9-10H,2,5-6,8,16H2,1H3,(H,18,19). The van der Waals surface area contributed by atoms with E-state index in [2.05, 4.69) is 17.2 Å². The highest BCUT2D eigenvalue weighted by Gasteiger charge is 2.26. The molecule has 0 aliphatic heterocycles. The van der Waals surface area contributed by atoms with Gasteiger partial charge in [0.15, 0.2) is 0 Å². The van der Waals surface area contributed by atoms with Gasteiger partial charge in [-0.2, -0.15) is 0 Å². The van der Waals surface area contributed by atoms with Crippen molar-refractivity contribution in [3.05, 3.63) is 23.2 Å². The zero-order chi connectivity index (χ0) is 14.1. The molecule has 0 spiro atoms. The predicted octanol–water partition coefficient (Wildman–Crippen LogP) is 3.19. The molecule has 1 atom stereocenters. The normalized spacial score (nSPS) is 16.2. The van der Waals surface area contributed by atoms with E-state index in [0.717, 1.165) is 29.0 Å². The summed E-state index contributed by atoms with van der Waals surface area (Å²) < 4.78 is 0. The number of hydrogen-bond acceptors (Lipinski definition) is 4. The molecule has 2 aromatic heterocycles. The quantitative estimate of drug-likeness (QED) is 0.888. The topological polar surface area (TPSA) is 68.0 Å². The van der Waals surface area contributed by atoms with E-state index >= 15 is 0 Å². The van der Waals surface area contributed by atoms with Gasteiger partial charge in [0.25, 0.3) is 5.91 Å². The van der Waals surface area contributed by atoms with Gasteiger partial charge in [0.05, 0.1) is 5.69 Å². The van der Waals surface area contributed by atoms with E-state index in [1.165, 1.54) is 24.2 Å². The molecule has 1 aliphatic rings. The number of pyridine rings is 1. The Labute approximate surface area is 122 Å². The number of nitrogens with two attached hydrogens (primary N) is 1. The van der Waals surface area contributed by atoms with E-state index in [9.17, 15) is 4.79 Å². The monoisotopic (exact) mass is 289 g/mol. The lowest BCUT2D eigenvalue weighted by atomic mass is 10.1. The average Bonchev–Trinajstić information content (AvgIpc) is 3.21. The third-order valence-corrected chi connectivity index (χ3v) is 4.98. The number of fused-ring (bicyclic) bond motifs is 1. The fourth-order valence-electron chi connectivity index (χ4n) is 2.45. The summed E-state index contributed by atoms with van der Waals surface area (Å²) in [5.41, 5.74) is 6.63. The van der Waals surface area contributed by atoms with Gasteiger partial charge in [-0.05, 0) is 30.9 Å². The summed E-state index contributed by atoms with van der Waals surface area (Å²) in [7, 11) is 0. The maximum atomic E-state index is 12.4. The summed E-state index contributed by atoms with van der Waals surface area (Å²) in [6, 6.07) is 4.01. The second-order valence-electron chi connectivity index (χ2n) is 5.46. The summed E-state index contributed by atoms with van der Waals surface area (Å²) in [4.78, 5) is 18.1. The summed E-state index contributed by atoms with van der Waals surface area (Å²) >= 11 is 1.37. The Balaban J connectivity index is 1.78. The van der Waals surface area contributed by atoms with Crippen LogP contribution in [0.4, 0.5) is 5.69 Å². The van der Waals surface area contributed by atoms with Crippen LogP contribution in [0.25, 0.3) is 10.2 Å². The molecule has 1 amide bonds. The van der Waals surface area contributed by atoms with Crippen LogP contribution in [0.5, 0.6) is 0 Å². The number of carbonyl (C=O) groups is 1. The maximum absolute atomic E-state index is 12.4. The molecular formula is C15H19N3OS. The molecule has 0 radical (unpaired) electrons. The fraction of sp³-hybridized carbons (Fsp3) is 0.467. The maximum Gasteiger partial charge on any atom is 0.263 e. The van der Waals surface area contributed by atoms with E-state index in [1.807, 2.05) is 12.1 Å². The minimum atomic E-state index is -0.0574. The molecule has 3 rings (SSSR count). The predicted molar refractivity (Wildman–Crippen MR) is 82.9 cm³/mol. The minimum absolute atomic E-state index is 0.0574. The second kappa shape index (κ2) is 5.40. The van der Waals surface area contributed by atoms with Crippen LogP contribution >= 0.6 is 11.3 Å². The SMILES string of the molecule is CCC(CC1CC1)NC(=O)c1sc2ncccc2c1N. The lowest BCUT2D eigenvalue weighted by Gasteiger charge is -2.16. The molecule has 106 valence electrons. The van der Waals surface area contributed by atoms with Crippen LogP contribution in [0.15, 0.2) is 18.3 Å². The van der Waals surface area contributed by atoms with Gasteiger partial charge in [-0.25, -0.2) is 4.98 Å². The third kappa shape index (κ3) is 2.63. The molecule has 0 aromatic carbocycles. The number of thiophene rings is 1. The molecule has 0 saturated heterocycles. The van der Waals surface area contributed by atoms with Crippen molar-refractivity contribution in [3.63, 3.8) is 0 Å². The van der Waals surface area contributed by atoms with Gasteiger partial charge in [0.2, 0.25) is 0 Å². The van der Waals surface area contributed by atoms with E-state index in [0.29, 0.717) is 10.6 Å². The fourth-order valence-corrected chi connectivity index (χ4v) is 3.42. The zero-order valence-electron chi connectivity index (χ0n) is 11.6. The summed E-state index contributed by atoms with van der Waals surface area (Å²) in [5, 5.41) is 3.99. The van der Waals surface area contributed by atoms with E-state index in [-0.39, 0.29) is 11.9 Å². The van der Waals surface area contributed by atoms with Gasteiger partial charge in [-0.3, -0.25) is 4.79 Å². The Morgan fingerprint density at radius 2 is 2.40 bits per heavy atom. The molecule has 4 nitrogen and oxygen atoms in total. The van der Waals surface area contributed by atoms with Gasteiger partial charge in [-0.15, -0.1) is 11.3 Å². The molecule has 1 saturated carbocycles. The van der Waals surface area contributed by atoms with Crippen molar-refractivity contribution in [2.45, 2.75) is 38.6 Å². The lowest BCUT2D eigenvalue weighted by molar-refractivity contribution is 0.0937. The number of nitrogens with one attached hydrogen (secondary N) is 1. The first-order valence-electron chi connectivity index (χ1n) is 7.13. The van der Waals surface area contributed by atoms with Gasteiger partial charge in [0.1, 0.15) is 9.71 Å². The first-order valence-corrected chi connectivity index (χ1v) is 7.94. The Bertz CT molecular complexity index is 633. The first kappa shape index (κ1) is 13.4. The molecule has 20 heavy (non-hydrogen) atoms. The van der Waals surface area contributed by atoms with Crippen molar-refractivity contribution in [2.75, 3.05) is 5.73 Å². The van der Waals surface area contributed by atoms with Gasteiger partial charge >= 0.3 is 0 Å². The van der Waals surface area contributed by atoms with E-state index < -0.39 is 0 Å². The van der Waals surface area contributed by atoms with Crippen LogP contribution in [0.3, 0.4) is 0 Å². The smallest absolute Gasteiger partial charge is 0.263 e. The highest BCUT2D eigenvalue weighted by molar-refractivity contribution is 7.21. The number of aromatic nitrogens is 1. The molecular weight excluding hydrogens is 270 g/mol. The van der Waals surface area contributed by atoms with Crippen molar-refractivity contribution >= 4 is 33.1 Å². The molecule has 1 unspecified atom stereocenters. The van der Waals surface area contributed by atoms with Crippen molar-refractivity contribution < 1.29 is 4.79 Å². The van der Waals surface area contributed by atoms with Crippen LogP contribution in [0, 0.1) is 5.92 Å². The van der Waals surface area contributed by atoms with Gasteiger partial charge in [-0.1, -0.05) is 19.8 Å². The number of rotatable bonds is 5. The number of nitrogen functional groups attached to an aromatic ring is 1. The number of nitrogens with zero attached hydrogens (tertiary/aromatic N) is 1. The molecule has 2 heterocycles. The van der Waals surface area contributed by atoms with Crippen LogP contribution in [-0.4, -0.2) is 16.9 Å². The summed E-state index contributed by atoms with van der Waals surface area (Å²) in [6.45, 7) is 2.11. The van der Waals surface area contributed by atoms with Crippen molar-refractivity contribution in [1.82, 2.24) is 10.3 Å². The van der Waals surface area contributed by atoms with Crippen LogP contribution < -0.4 is 11.1 Å². The average molecular weight is 289 g/mol. The Morgan fingerprint density at radius 3 is 3.05 bits per heavy atom. The van der Waals surface area contributed by atoms with Crippen LogP contribution in [0.1, 0.15) is 42.3 Å². The number of hydrogen-bond donors (Lipinski definition) is 2. The van der Waals surface area contributed by atoms with Crippen LogP contribution in [-0.2, 0) is 0 Å². The van der Waals surface area contributed by atoms with Gasteiger partial charge < -0.3 is 11.1 Å². The Morgan fingerprint density at radius 1 is 1.60 bits per heavy atom. The minimum Gasteiger partial charge on any atom is -0.397 e. The van der Waals surface area contributed by atoms with Gasteiger partial charge in [0, 0.05) is 17.6 Å². The third-order valence-electron chi connectivity index (χ3n) is 3.85. The van der Waals surface area contributed by atoms with Crippen molar-refractivity contribution in [1.29, 1.82) is 0 Å². The van der Waals surface area contributed by atoms with E-state index in [1.54, 1.807) is 6.20 Å². The highest BCUT2D eigenvalue weighted by atomic mass is 32.1. The van der Waals surface area contributed by atoms with E-state index in [4.69, 9.17) is 5.73 Å². The summed E-state index contributed by atoms with van der Waals surface area (Å²) in [6.07, 6.45) is 6.39. The van der Waals surface area contributed by atoms with Crippen LogP contribution in [0.2, 0.25) is 0 Å². The molecule has 1 fully saturated rings.